The Hall–Kier alpha value is -0.820. The van der Waals surface area contributed by atoms with Crippen LogP contribution in [-0.4, -0.2) is 12.6 Å². The van der Waals surface area contributed by atoms with Crippen molar-refractivity contribution >= 4 is 0 Å². The Balaban J connectivity index is 2.11. The molecular formula is C17H29N. The molecule has 1 aromatic rings. The lowest BCUT2D eigenvalue weighted by molar-refractivity contribution is 0.495. The molecule has 0 aromatic heterocycles. The van der Waals surface area contributed by atoms with Crippen molar-refractivity contribution in [2.45, 2.75) is 65.3 Å². The van der Waals surface area contributed by atoms with Crippen LogP contribution in [-0.2, 0) is 6.42 Å². The molecule has 1 rings (SSSR count). The van der Waals surface area contributed by atoms with Gasteiger partial charge in [-0.3, -0.25) is 0 Å². The summed E-state index contributed by atoms with van der Waals surface area (Å²) in [5.41, 5.74) is 2.84. The second-order valence-electron chi connectivity index (χ2n) is 5.44. The average molecular weight is 247 g/mol. The third kappa shape index (κ3) is 6.80. The fourth-order valence-corrected chi connectivity index (χ4v) is 2.25. The van der Waals surface area contributed by atoms with Crippen molar-refractivity contribution in [1.29, 1.82) is 0 Å². The molecule has 1 heteroatoms. The van der Waals surface area contributed by atoms with Gasteiger partial charge in [-0.15, -0.1) is 0 Å². The second-order valence-corrected chi connectivity index (χ2v) is 5.44. The van der Waals surface area contributed by atoms with Crippen molar-refractivity contribution in [3.8, 4) is 0 Å². The highest BCUT2D eigenvalue weighted by Gasteiger charge is 2.01. The number of rotatable bonds is 9. The zero-order valence-electron chi connectivity index (χ0n) is 12.3. The minimum atomic E-state index is 0.632. The van der Waals surface area contributed by atoms with Gasteiger partial charge in [-0.2, -0.15) is 0 Å². The standard InChI is InChI=1S/C17H29N/c1-4-5-6-7-13-18-16(3)11-12-17-10-8-9-15(2)14-17/h8-10,14,16,18H,4-7,11-13H2,1-3H3. The summed E-state index contributed by atoms with van der Waals surface area (Å²) in [6.45, 7) is 7.90. The molecule has 1 atom stereocenters. The first-order valence-corrected chi connectivity index (χ1v) is 7.51. The average Bonchev–Trinajstić information content (AvgIpc) is 2.36. The van der Waals surface area contributed by atoms with Crippen LogP contribution in [0.2, 0.25) is 0 Å². The Bertz CT molecular complexity index is 319. The number of benzene rings is 1. The smallest absolute Gasteiger partial charge is 0.00418 e. The molecule has 0 heterocycles. The highest BCUT2D eigenvalue weighted by atomic mass is 14.9. The monoisotopic (exact) mass is 247 g/mol. The molecule has 0 fully saturated rings. The second kappa shape index (κ2) is 9.16. The van der Waals surface area contributed by atoms with E-state index in [1.54, 1.807) is 0 Å². The van der Waals surface area contributed by atoms with E-state index in [-0.39, 0.29) is 0 Å². The van der Waals surface area contributed by atoms with E-state index in [2.05, 4.69) is 50.4 Å². The van der Waals surface area contributed by atoms with Crippen LogP contribution in [0.5, 0.6) is 0 Å². The normalized spacial score (nSPS) is 12.6. The minimum Gasteiger partial charge on any atom is -0.314 e. The fourth-order valence-electron chi connectivity index (χ4n) is 2.25. The predicted molar refractivity (Wildman–Crippen MR) is 81.1 cm³/mol. The molecule has 0 radical (unpaired) electrons. The van der Waals surface area contributed by atoms with Crippen LogP contribution in [0.4, 0.5) is 0 Å². The first-order chi connectivity index (χ1) is 8.72. The zero-order chi connectivity index (χ0) is 13.2. The SMILES string of the molecule is CCCCCCNC(C)CCc1cccc(C)c1. The van der Waals surface area contributed by atoms with Gasteiger partial charge in [0, 0.05) is 6.04 Å². The van der Waals surface area contributed by atoms with Crippen LogP contribution in [0.1, 0.15) is 57.1 Å². The molecular weight excluding hydrogens is 218 g/mol. The Kier molecular flexibility index (Phi) is 7.75. The molecule has 0 spiro atoms. The molecule has 0 amide bonds. The summed E-state index contributed by atoms with van der Waals surface area (Å²) in [5, 5.41) is 3.63. The van der Waals surface area contributed by atoms with E-state index in [1.165, 1.54) is 56.2 Å². The van der Waals surface area contributed by atoms with Crippen LogP contribution < -0.4 is 5.32 Å². The number of nitrogens with one attached hydrogen (secondary N) is 1. The van der Waals surface area contributed by atoms with Crippen molar-refractivity contribution < 1.29 is 0 Å². The molecule has 0 saturated heterocycles. The molecule has 1 N–H and O–H groups in total. The van der Waals surface area contributed by atoms with Crippen molar-refractivity contribution in [1.82, 2.24) is 5.32 Å². The van der Waals surface area contributed by atoms with Crippen molar-refractivity contribution in [3.63, 3.8) is 0 Å². The Labute approximate surface area is 113 Å². The summed E-state index contributed by atoms with van der Waals surface area (Å²) in [6, 6.07) is 9.49. The van der Waals surface area contributed by atoms with E-state index in [9.17, 15) is 0 Å². The van der Waals surface area contributed by atoms with Crippen LogP contribution in [0.3, 0.4) is 0 Å². The molecule has 0 bridgehead atoms. The Morgan fingerprint density at radius 1 is 1.17 bits per heavy atom. The first kappa shape index (κ1) is 15.2. The largest absolute Gasteiger partial charge is 0.314 e. The summed E-state index contributed by atoms with van der Waals surface area (Å²) in [6.07, 6.45) is 7.81. The highest BCUT2D eigenvalue weighted by molar-refractivity contribution is 5.22. The van der Waals surface area contributed by atoms with Gasteiger partial charge in [0.1, 0.15) is 0 Å². The lowest BCUT2D eigenvalue weighted by Gasteiger charge is -2.13. The van der Waals surface area contributed by atoms with E-state index in [0.717, 1.165) is 0 Å². The van der Waals surface area contributed by atoms with Crippen LogP contribution in [0.15, 0.2) is 24.3 Å². The minimum absolute atomic E-state index is 0.632. The maximum Gasteiger partial charge on any atom is 0.00418 e. The van der Waals surface area contributed by atoms with Gasteiger partial charge in [-0.05, 0) is 45.2 Å². The zero-order valence-corrected chi connectivity index (χ0v) is 12.3. The molecule has 0 saturated carbocycles. The van der Waals surface area contributed by atoms with Gasteiger partial charge in [-0.25, -0.2) is 0 Å². The third-order valence-electron chi connectivity index (χ3n) is 3.47. The van der Waals surface area contributed by atoms with Crippen molar-refractivity contribution in [2.24, 2.45) is 0 Å². The van der Waals surface area contributed by atoms with Gasteiger partial charge in [-0.1, -0.05) is 56.0 Å². The van der Waals surface area contributed by atoms with Crippen LogP contribution >= 0.6 is 0 Å². The maximum atomic E-state index is 3.63. The Morgan fingerprint density at radius 3 is 2.72 bits per heavy atom. The van der Waals surface area contributed by atoms with E-state index in [4.69, 9.17) is 0 Å². The molecule has 1 aromatic carbocycles. The summed E-state index contributed by atoms with van der Waals surface area (Å²) in [7, 11) is 0. The lowest BCUT2D eigenvalue weighted by Crippen LogP contribution is -2.27. The molecule has 1 nitrogen and oxygen atoms in total. The van der Waals surface area contributed by atoms with E-state index >= 15 is 0 Å². The maximum absolute atomic E-state index is 3.63. The quantitative estimate of drug-likeness (QED) is 0.634. The van der Waals surface area contributed by atoms with E-state index in [1.807, 2.05) is 0 Å². The summed E-state index contributed by atoms with van der Waals surface area (Å²) < 4.78 is 0. The van der Waals surface area contributed by atoms with Gasteiger partial charge in [0.05, 0.1) is 0 Å². The lowest BCUT2D eigenvalue weighted by atomic mass is 10.0. The molecule has 102 valence electrons. The number of hydrogen-bond donors (Lipinski definition) is 1. The van der Waals surface area contributed by atoms with Crippen molar-refractivity contribution in [3.05, 3.63) is 35.4 Å². The predicted octanol–water partition coefficient (Wildman–Crippen LogP) is 4.49. The molecule has 0 aliphatic rings. The third-order valence-corrected chi connectivity index (χ3v) is 3.47. The number of hydrogen-bond acceptors (Lipinski definition) is 1. The number of aryl methyl sites for hydroxylation is 2. The first-order valence-electron chi connectivity index (χ1n) is 7.51. The summed E-state index contributed by atoms with van der Waals surface area (Å²) in [5.74, 6) is 0. The summed E-state index contributed by atoms with van der Waals surface area (Å²) >= 11 is 0. The topological polar surface area (TPSA) is 12.0 Å². The highest BCUT2D eigenvalue weighted by Crippen LogP contribution is 2.08. The molecule has 18 heavy (non-hydrogen) atoms. The summed E-state index contributed by atoms with van der Waals surface area (Å²) in [4.78, 5) is 0. The van der Waals surface area contributed by atoms with Gasteiger partial charge >= 0.3 is 0 Å². The van der Waals surface area contributed by atoms with Crippen molar-refractivity contribution in [2.75, 3.05) is 6.54 Å². The van der Waals surface area contributed by atoms with Crippen LogP contribution in [0.25, 0.3) is 0 Å². The van der Waals surface area contributed by atoms with E-state index in [0.29, 0.717) is 6.04 Å². The van der Waals surface area contributed by atoms with Gasteiger partial charge in [0.15, 0.2) is 0 Å². The van der Waals surface area contributed by atoms with Gasteiger partial charge in [0.2, 0.25) is 0 Å². The molecule has 0 aliphatic heterocycles. The fraction of sp³-hybridized carbons (Fsp3) is 0.647. The van der Waals surface area contributed by atoms with Crippen LogP contribution in [0, 0.1) is 6.92 Å². The number of unbranched alkanes of at least 4 members (excludes halogenated alkanes) is 3. The van der Waals surface area contributed by atoms with E-state index < -0.39 is 0 Å². The molecule has 0 aliphatic carbocycles. The van der Waals surface area contributed by atoms with Gasteiger partial charge < -0.3 is 5.32 Å². The Morgan fingerprint density at radius 2 is 2.00 bits per heavy atom. The van der Waals surface area contributed by atoms with Gasteiger partial charge in [0.25, 0.3) is 0 Å². The molecule has 1 unspecified atom stereocenters.